The van der Waals surface area contributed by atoms with Gasteiger partial charge >= 0.3 is 5.97 Å². The van der Waals surface area contributed by atoms with E-state index in [1.807, 2.05) is 18.2 Å². The van der Waals surface area contributed by atoms with E-state index in [4.69, 9.17) is 23.7 Å². The van der Waals surface area contributed by atoms with Gasteiger partial charge < -0.3 is 23.7 Å². The maximum atomic E-state index is 13.0. The molecule has 0 radical (unpaired) electrons. The van der Waals surface area contributed by atoms with E-state index in [-0.39, 0.29) is 30.4 Å². The molecule has 3 aromatic rings. The Balaban J connectivity index is 1.48. The van der Waals surface area contributed by atoms with Crippen molar-refractivity contribution in [1.82, 2.24) is 19.8 Å². The van der Waals surface area contributed by atoms with Crippen molar-refractivity contribution < 1.29 is 28.5 Å². The minimum atomic E-state index is -0.572. The normalized spacial score (nSPS) is 24.3. The van der Waals surface area contributed by atoms with E-state index in [9.17, 15) is 10.1 Å². The van der Waals surface area contributed by atoms with E-state index in [1.54, 1.807) is 28.4 Å². The lowest BCUT2D eigenvalue weighted by Crippen LogP contribution is -2.68. The largest absolute Gasteiger partial charge is 0.493 e. The maximum Gasteiger partial charge on any atom is 0.358 e. The van der Waals surface area contributed by atoms with Crippen molar-refractivity contribution in [1.29, 1.82) is 5.26 Å². The highest BCUT2D eigenvalue weighted by Gasteiger charge is 2.54. The highest BCUT2D eigenvalue weighted by molar-refractivity contribution is 5.86. The number of methoxy groups -OCH3 is 4. The maximum absolute atomic E-state index is 13.0. The van der Waals surface area contributed by atoms with Crippen LogP contribution in [-0.2, 0) is 17.6 Å². The van der Waals surface area contributed by atoms with E-state index >= 15 is 0 Å². The number of rotatable bonds is 7. The van der Waals surface area contributed by atoms with E-state index in [0.29, 0.717) is 35.8 Å². The number of carbonyl (C=O) groups excluding carboxylic acids is 1. The summed E-state index contributed by atoms with van der Waals surface area (Å²) in [6.45, 7) is 0.0223. The van der Waals surface area contributed by atoms with Crippen LogP contribution >= 0.6 is 0 Å². The molecule has 6 rings (SSSR count). The van der Waals surface area contributed by atoms with Crippen LogP contribution in [0.15, 0.2) is 42.9 Å². The van der Waals surface area contributed by atoms with Crippen LogP contribution < -0.4 is 18.9 Å². The molecule has 0 amide bonds. The molecule has 1 saturated heterocycles. The van der Waals surface area contributed by atoms with Gasteiger partial charge in [0, 0.05) is 24.5 Å². The molecule has 0 spiro atoms. The van der Waals surface area contributed by atoms with Crippen LogP contribution in [0.1, 0.15) is 44.8 Å². The fraction of sp³-hybridized carbons (Fsp3) is 0.419. The molecule has 4 heterocycles. The zero-order valence-corrected chi connectivity index (χ0v) is 24.2. The van der Waals surface area contributed by atoms with Gasteiger partial charge in [-0.2, -0.15) is 5.26 Å². The minimum absolute atomic E-state index is 0.0223. The molecule has 0 N–H and O–H groups in total. The number of fused-ring (bicyclic) bond motifs is 7. The topological polar surface area (TPSA) is 119 Å². The van der Waals surface area contributed by atoms with Crippen LogP contribution in [0.4, 0.5) is 0 Å². The lowest BCUT2D eigenvalue weighted by atomic mass is 9.72. The summed E-state index contributed by atoms with van der Waals surface area (Å²) in [6.07, 6.45) is 5.65. The van der Waals surface area contributed by atoms with Gasteiger partial charge in [-0.1, -0.05) is 0 Å². The van der Waals surface area contributed by atoms with E-state index in [1.165, 1.54) is 18.6 Å². The number of nitrogens with zero attached hydrogens (tertiary/aromatic N) is 5. The number of piperazine rings is 1. The fourth-order valence-corrected chi connectivity index (χ4v) is 6.98. The third-order valence-corrected chi connectivity index (χ3v) is 8.86. The first-order chi connectivity index (χ1) is 20.4. The summed E-state index contributed by atoms with van der Waals surface area (Å²) in [5.74, 6) is 1.95. The summed E-state index contributed by atoms with van der Waals surface area (Å²) in [5, 5.41) is 10.7. The van der Waals surface area contributed by atoms with Crippen molar-refractivity contribution in [3.05, 3.63) is 70.8 Å². The molecule has 2 bridgehead atoms. The first-order valence-corrected chi connectivity index (χ1v) is 13.8. The van der Waals surface area contributed by atoms with Crippen molar-refractivity contribution in [2.45, 2.75) is 43.1 Å². The highest BCUT2D eigenvalue weighted by atomic mass is 16.5. The molecule has 3 aliphatic rings. The third kappa shape index (κ3) is 4.38. The van der Waals surface area contributed by atoms with Crippen LogP contribution in [0.2, 0.25) is 0 Å². The lowest BCUT2D eigenvalue weighted by Gasteiger charge is -2.59. The first kappa shape index (κ1) is 27.8. The molecule has 2 aromatic carbocycles. The number of aromatic nitrogens is 2. The molecule has 11 heteroatoms. The van der Waals surface area contributed by atoms with Crippen LogP contribution in [0.5, 0.6) is 23.0 Å². The second kappa shape index (κ2) is 11.1. The van der Waals surface area contributed by atoms with Gasteiger partial charge in [-0.3, -0.25) is 14.8 Å². The Bertz CT molecular complexity index is 1540. The van der Waals surface area contributed by atoms with Gasteiger partial charge in [0.2, 0.25) is 0 Å². The number of hydrogen-bond acceptors (Lipinski definition) is 11. The quantitative estimate of drug-likeness (QED) is 0.389. The summed E-state index contributed by atoms with van der Waals surface area (Å²) in [6, 6.07) is 9.50. The lowest BCUT2D eigenvalue weighted by molar-refractivity contribution is -0.0833. The molecular formula is C31H33N5O6. The second-order valence-electron chi connectivity index (χ2n) is 10.7. The predicted octanol–water partition coefficient (Wildman–Crippen LogP) is 3.14. The highest BCUT2D eigenvalue weighted by Crippen LogP contribution is 2.52. The molecule has 5 atom stereocenters. The zero-order chi connectivity index (χ0) is 29.5. The number of carbonyl (C=O) groups is 1. The molecule has 1 aromatic heterocycles. The second-order valence-corrected chi connectivity index (χ2v) is 10.7. The Morgan fingerprint density at radius 2 is 1.50 bits per heavy atom. The van der Waals surface area contributed by atoms with Gasteiger partial charge in [0.25, 0.3) is 0 Å². The molecule has 42 heavy (non-hydrogen) atoms. The van der Waals surface area contributed by atoms with Crippen molar-refractivity contribution in [2.75, 3.05) is 42.1 Å². The van der Waals surface area contributed by atoms with Gasteiger partial charge in [0.05, 0.1) is 52.8 Å². The number of nitriles is 1. The Kier molecular flexibility index (Phi) is 7.35. The molecule has 0 aliphatic carbocycles. The van der Waals surface area contributed by atoms with Crippen molar-refractivity contribution in [3.63, 3.8) is 0 Å². The average Bonchev–Trinajstić information content (AvgIpc) is 3.02. The van der Waals surface area contributed by atoms with Gasteiger partial charge in [-0.15, -0.1) is 0 Å². The molecule has 0 unspecified atom stereocenters. The number of ether oxygens (including phenoxy) is 5. The van der Waals surface area contributed by atoms with Crippen LogP contribution in [0.25, 0.3) is 0 Å². The molecule has 3 aliphatic heterocycles. The third-order valence-electron chi connectivity index (χ3n) is 8.86. The number of esters is 1. The van der Waals surface area contributed by atoms with Crippen molar-refractivity contribution in [3.8, 4) is 29.1 Å². The van der Waals surface area contributed by atoms with Crippen LogP contribution in [0, 0.1) is 11.3 Å². The Morgan fingerprint density at radius 1 is 0.905 bits per heavy atom. The molecule has 11 nitrogen and oxygen atoms in total. The average molecular weight is 572 g/mol. The summed E-state index contributed by atoms with van der Waals surface area (Å²) < 4.78 is 28.5. The molecular weight excluding hydrogens is 538 g/mol. The monoisotopic (exact) mass is 571 g/mol. The number of benzene rings is 2. The van der Waals surface area contributed by atoms with Gasteiger partial charge in [-0.05, 0) is 66.4 Å². The fourth-order valence-electron chi connectivity index (χ4n) is 6.98. The van der Waals surface area contributed by atoms with Crippen molar-refractivity contribution >= 4 is 5.97 Å². The summed E-state index contributed by atoms with van der Waals surface area (Å²) in [7, 11) is 8.56. The summed E-state index contributed by atoms with van der Waals surface area (Å²) >= 11 is 0. The van der Waals surface area contributed by atoms with E-state index < -0.39 is 18.1 Å². The molecule has 1 fully saturated rings. The minimum Gasteiger partial charge on any atom is -0.493 e. The zero-order valence-electron chi connectivity index (χ0n) is 24.2. The van der Waals surface area contributed by atoms with Gasteiger partial charge in [0.15, 0.2) is 28.7 Å². The Morgan fingerprint density at radius 3 is 2.10 bits per heavy atom. The van der Waals surface area contributed by atoms with Crippen LogP contribution in [0.3, 0.4) is 0 Å². The smallest absolute Gasteiger partial charge is 0.358 e. The molecule has 0 saturated carbocycles. The Hall–Kier alpha value is -4.40. The van der Waals surface area contributed by atoms with E-state index in [2.05, 4.69) is 39.0 Å². The van der Waals surface area contributed by atoms with Gasteiger partial charge in [-0.25, -0.2) is 9.78 Å². The Labute approximate surface area is 244 Å². The summed E-state index contributed by atoms with van der Waals surface area (Å²) in [5.41, 5.74) is 4.39. The van der Waals surface area contributed by atoms with Gasteiger partial charge in [0.1, 0.15) is 12.6 Å². The van der Waals surface area contributed by atoms with E-state index in [0.717, 1.165) is 22.3 Å². The summed E-state index contributed by atoms with van der Waals surface area (Å²) in [4.78, 5) is 25.6. The van der Waals surface area contributed by atoms with Crippen LogP contribution in [-0.4, -0.2) is 86.0 Å². The first-order valence-electron chi connectivity index (χ1n) is 13.8. The standard InChI is InChI=1S/C31H33N5O6/c1-35-22-8-18-11-27(39-3)29(41-5)13-20(18)30(35)23-9-17-10-26(38-2)28(40-4)12-19(17)25(36(23)24(22)14-32)16-42-31(37)21-15-33-6-7-34-21/h6-7,10-13,15,22-25,30H,8-9,16H2,1-5H3/t22-,23-,24-,25-,30+/m0/s1. The predicted molar refractivity (Wildman–Crippen MR) is 151 cm³/mol. The SMILES string of the molecule is COc1cc2c(cc1OC)[C@@H]1[C@@H]3Cc4cc(OC)c(OC)cc4[C@H](COC(=O)c4cnccn4)N3[C@@H](C#N)[C@H](C2)N1C. The van der Waals surface area contributed by atoms with Crippen molar-refractivity contribution in [2.24, 2.45) is 0 Å². The molecule has 218 valence electrons. The number of likely N-dealkylation sites (N-methyl/N-ethyl adjacent to an activating group) is 1. The number of hydrogen-bond donors (Lipinski definition) is 0.